The third-order valence-corrected chi connectivity index (χ3v) is 5.39. The minimum absolute atomic E-state index is 0.0481. The summed E-state index contributed by atoms with van der Waals surface area (Å²) < 4.78 is 0.978. The second-order valence-electron chi connectivity index (χ2n) is 6.05. The van der Waals surface area contributed by atoms with Crippen LogP contribution in [-0.2, 0) is 12.8 Å². The van der Waals surface area contributed by atoms with Gasteiger partial charge in [-0.25, -0.2) is 0 Å². The van der Waals surface area contributed by atoms with Crippen molar-refractivity contribution < 1.29 is 4.79 Å². The summed E-state index contributed by atoms with van der Waals surface area (Å²) in [5, 5.41) is 5.57. The highest BCUT2D eigenvalue weighted by Crippen LogP contribution is 2.35. The molecule has 4 rings (SSSR count). The number of carbonyl (C=O) groups is 1. The number of carbonyl (C=O) groups excluding carboxylic acids is 1. The Balaban J connectivity index is 1.75. The molecule has 0 saturated carbocycles. The number of anilines is 1. The average Bonchev–Trinajstić information content (AvgIpc) is 2.95. The van der Waals surface area contributed by atoms with Crippen LogP contribution >= 0.6 is 22.6 Å². The first kappa shape index (κ1) is 14.7. The molecule has 23 heavy (non-hydrogen) atoms. The number of halogens is 1. The van der Waals surface area contributed by atoms with Crippen molar-refractivity contribution in [3.05, 3.63) is 74.4 Å². The van der Waals surface area contributed by atoms with E-state index in [0.717, 1.165) is 38.6 Å². The first-order valence-corrected chi connectivity index (χ1v) is 8.82. The second-order valence-corrected chi connectivity index (χ2v) is 7.21. The maximum Gasteiger partial charge on any atom is 0.256 e. The van der Waals surface area contributed by atoms with E-state index in [9.17, 15) is 4.79 Å². The summed E-state index contributed by atoms with van der Waals surface area (Å²) >= 11 is 2.22. The lowest BCUT2D eigenvalue weighted by molar-refractivity contribution is 0.102. The van der Waals surface area contributed by atoms with Gasteiger partial charge in [-0.2, -0.15) is 0 Å². The number of aryl methyl sites for hydroxylation is 3. The topological polar surface area (TPSA) is 29.1 Å². The highest BCUT2D eigenvalue weighted by Gasteiger charge is 2.17. The Bertz CT molecular complexity index is 936. The van der Waals surface area contributed by atoms with Gasteiger partial charge in [0.1, 0.15) is 0 Å². The molecular weight excluding hydrogens is 397 g/mol. The summed E-state index contributed by atoms with van der Waals surface area (Å²) in [6.45, 7) is 2.03. The van der Waals surface area contributed by atoms with Crippen LogP contribution in [0.25, 0.3) is 10.8 Å². The molecule has 1 amide bonds. The fourth-order valence-corrected chi connectivity index (χ4v) is 4.27. The van der Waals surface area contributed by atoms with Crippen LogP contribution in [0.5, 0.6) is 0 Å². The molecule has 0 fully saturated rings. The number of hydrogen-bond acceptors (Lipinski definition) is 1. The summed E-state index contributed by atoms with van der Waals surface area (Å²) in [6, 6.07) is 16.5. The summed E-state index contributed by atoms with van der Waals surface area (Å²) in [6.07, 6.45) is 2.19. The molecular formula is C20H16INO. The van der Waals surface area contributed by atoms with Gasteiger partial charge in [-0.1, -0.05) is 35.9 Å². The van der Waals surface area contributed by atoms with Crippen molar-refractivity contribution in [1.82, 2.24) is 0 Å². The Labute approximate surface area is 149 Å². The molecule has 1 aliphatic rings. The van der Waals surface area contributed by atoms with Gasteiger partial charge < -0.3 is 5.32 Å². The van der Waals surface area contributed by atoms with Crippen molar-refractivity contribution >= 4 is 45.0 Å². The number of benzene rings is 3. The van der Waals surface area contributed by atoms with E-state index in [1.54, 1.807) is 0 Å². The molecule has 0 aromatic heterocycles. The Morgan fingerprint density at radius 1 is 1.04 bits per heavy atom. The van der Waals surface area contributed by atoms with Gasteiger partial charge in [0.05, 0.1) is 5.56 Å². The molecule has 3 aromatic rings. The summed E-state index contributed by atoms with van der Waals surface area (Å²) in [5.41, 5.74) is 5.56. The molecule has 0 spiro atoms. The number of amides is 1. The lowest BCUT2D eigenvalue weighted by Gasteiger charge is -2.11. The van der Waals surface area contributed by atoms with Gasteiger partial charge in [0.2, 0.25) is 0 Å². The van der Waals surface area contributed by atoms with E-state index in [-0.39, 0.29) is 5.91 Å². The van der Waals surface area contributed by atoms with Gasteiger partial charge in [-0.15, -0.1) is 0 Å². The van der Waals surface area contributed by atoms with Crippen LogP contribution < -0.4 is 5.32 Å². The fraction of sp³-hybridized carbons (Fsp3) is 0.150. The SMILES string of the molecule is Cc1ccc(C(=O)Nc2ccc3c4c(cccc24)CC3)c(I)c1. The first-order valence-electron chi connectivity index (χ1n) is 7.74. The van der Waals surface area contributed by atoms with E-state index in [4.69, 9.17) is 0 Å². The lowest BCUT2D eigenvalue weighted by atomic mass is 10.0. The van der Waals surface area contributed by atoms with Gasteiger partial charge in [-0.05, 0) is 77.1 Å². The van der Waals surface area contributed by atoms with Crippen molar-refractivity contribution in [1.29, 1.82) is 0 Å². The van der Waals surface area contributed by atoms with E-state index in [2.05, 4.69) is 52.2 Å². The molecule has 1 N–H and O–H groups in total. The lowest BCUT2D eigenvalue weighted by Crippen LogP contribution is -2.13. The molecule has 0 saturated heterocycles. The molecule has 0 heterocycles. The normalized spacial score (nSPS) is 12.6. The average molecular weight is 413 g/mol. The molecule has 2 nitrogen and oxygen atoms in total. The van der Waals surface area contributed by atoms with Crippen LogP contribution in [0, 0.1) is 10.5 Å². The molecule has 0 aliphatic heterocycles. The molecule has 3 heteroatoms. The van der Waals surface area contributed by atoms with Crippen molar-refractivity contribution in [2.75, 3.05) is 5.32 Å². The van der Waals surface area contributed by atoms with Gasteiger partial charge in [0.15, 0.2) is 0 Å². The van der Waals surface area contributed by atoms with Gasteiger partial charge in [0.25, 0.3) is 5.91 Å². The zero-order valence-corrected chi connectivity index (χ0v) is 15.0. The summed E-state index contributed by atoms with van der Waals surface area (Å²) in [7, 11) is 0. The summed E-state index contributed by atoms with van der Waals surface area (Å²) in [5.74, 6) is -0.0481. The predicted octanol–water partition coefficient (Wildman–Crippen LogP) is 5.10. The molecule has 3 aromatic carbocycles. The van der Waals surface area contributed by atoms with Crippen LogP contribution in [0.3, 0.4) is 0 Å². The van der Waals surface area contributed by atoms with E-state index in [1.165, 1.54) is 16.5 Å². The maximum atomic E-state index is 12.7. The quantitative estimate of drug-likeness (QED) is 0.582. The van der Waals surface area contributed by atoms with Crippen molar-refractivity contribution in [2.24, 2.45) is 0 Å². The number of nitrogens with one attached hydrogen (secondary N) is 1. The Kier molecular flexibility index (Phi) is 3.60. The Morgan fingerprint density at radius 2 is 1.83 bits per heavy atom. The van der Waals surface area contributed by atoms with E-state index >= 15 is 0 Å². The molecule has 0 atom stereocenters. The maximum absolute atomic E-state index is 12.7. The monoisotopic (exact) mass is 413 g/mol. The van der Waals surface area contributed by atoms with Gasteiger partial charge >= 0.3 is 0 Å². The molecule has 0 bridgehead atoms. The molecule has 114 valence electrons. The third-order valence-electron chi connectivity index (χ3n) is 4.49. The van der Waals surface area contributed by atoms with Crippen molar-refractivity contribution in [3.8, 4) is 0 Å². The van der Waals surface area contributed by atoms with E-state index in [0.29, 0.717) is 0 Å². The minimum Gasteiger partial charge on any atom is -0.321 e. The number of hydrogen-bond donors (Lipinski definition) is 1. The predicted molar refractivity (Wildman–Crippen MR) is 103 cm³/mol. The fourth-order valence-electron chi connectivity index (χ4n) is 3.35. The van der Waals surface area contributed by atoms with E-state index in [1.807, 2.05) is 31.2 Å². The van der Waals surface area contributed by atoms with Crippen LogP contribution in [0.4, 0.5) is 5.69 Å². The molecule has 0 radical (unpaired) electrons. The van der Waals surface area contributed by atoms with Crippen LogP contribution in [0.2, 0.25) is 0 Å². The summed E-state index contributed by atoms with van der Waals surface area (Å²) in [4.78, 5) is 12.7. The standard InChI is InChI=1S/C20H16INO/c1-12-5-9-15(17(21)11-12)20(23)22-18-10-8-14-7-6-13-3-2-4-16(18)19(13)14/h2-5,8-11H,6-7H2,1H3,(H,22,23). The van der Waals surface area contributed by atoms with E-state index < -0.39 is 0 Å². The van der Waals surface area contributed by atoms with Crippen LogP contribution in [0.1, 0.15) is 27.0 Å². The van der Waals surface area contributed by atoms with Crippen molar-refractivity contribution in [3.63, 3.8) is 0 Å². The molecule has 0 unspecified atom stereocenters. The highest BCUT2D eigenvalue weighted by molar-refractivity contribution is 14.1. The Morgan fingerprint density at radius 3 is 2.61 bits per heavy atom. The van der Waals surface area contributed by atoms with Crippen LogP contribution in [-0.4, -0.2) is 5.91 Å². The first-order chi connectivity index (χ1) is 11.1. The molecule has 1 aliphatic carbocycles. The van der Waals surface area contributed by atoms with Gasteiger partial charge in [0, 0.05) is 14.6 Å². The second kappa shape index (κ2) is 5.64. The highest BCUT2D eigenvalue weighted by atomic mass is 127. The van der Waals surface area contributed by atoms with Crippen molar-refractivity contribution in [2.45, 2.75) is 19.8 Å². The third kappa shape index (κ3) is 2.53. The zero-order chi connectivity index (χ0) is 16.0. The van der Waals surface area contributed by atoms with Gasteiger partial charge in [-0.3, -0.25) is 4.79 Å². The largest absolute Gasteiger partial charge is 0.321 e. The smallest absolute Gasteiger partial charge is 0.256 e. The minimum atomic E-state index is -0.0481. The number of rotatable bonds is 2. The van der Waals surface area contributed by atoms with Crippen LogP contribution in [0.15, 0.2) is 48.5 Å². The zero-order valence-electron chi connectivity index (χ0n) is 12.8. The Hall–Kier alpha value is -1.88.